The molecule has 26 heavy (non-hydrogen) atoms. The van der Waals surface area contributed by atoms with Gasteiger partial charge in [-0.1, -0.05) is 0 Å². The fourth-order valence-electron chi connectivity index (χ4n) is 2.28. The Balaban J connectivity index is 2.32. The van der Waals surface area contributed by atoms with E-state index < -0.39 is 47.9 Å². The van der Waals surface area contributed by atoms with E-state index in [0.717, 1.165) is 19.1 Å². The molecule has 1 aromatic rings. The van der Waals surface area contributed by atoms with Gasteiger partial charge in [0.05, 0.1) is 11.1 Å². The number of carbonyl (C=O) groups excluding carboxylic acids is 5. The van der Waals surface area contributed by atoms with Crippen molar-refractivity contribution in [3.63, 3.8) is 0 Å². The Kier molecular flexibility index (Phi) is 4.96. The van der Waals surface area contributed by atoms with E-state index in [2.05, 4.69) is 4.84 Å². The molecule has 0 saturated heterocycles. The molecule has 136 valence electrons. The summed E-state index contributed by atoms with van der Waals surface area (Å²) < 4.78 is 0. The van der Waals surface area contributed by atoms with Crippen molar-refractivity contribution in [3.05, 3.63) is 45.0 Å². The van der Waals surface area contributed by atoms with Crippen molar-refractivity contribution in [1.29, 1.82) is 0 Å². The highest BCUT2D eigenvalue weighted by atomic mass is 17.0. The SMILES string of the molecule is CC(=O)N(CC(N)=O)C(=O)c1ccc2c(c1)C(=O)N(CO[N+](=O)[O-])C2=O. The molecule has 0 atom stereocenters. The van der Waals surface area contributed by atoms with E-state index in [-0.39, 0.29) is 16.7 Å². The van der Waals surface area contributed by atoms with Crippen LogP contribution in [0.4, 0.5) is 0 Å². The number of benzene rings is 1. The number of nitrogens with two attached hydrogens (primary N) is 1. The van der Waals surface area contributed by atoms with Crippen LogP contribution in [-0.4, -0.2) is 57.7 Å². The van der Waals surface area contributed by atoms with Gasteiger partial charge in [-0.2, -0.15) is 0 Å². The Morgan fingerprint density at radius 1 is 1.23 bits per heavy atom. The van der Waals surface area contributed by atoms with E-state index in [1.807, 2.05) is 0 Å². The van der Waals surface area contributed by atoms with Crippen molar-refractivity contribution in [2.45, 2.75) is 6.92 Å². The van der Waals surface area contributed by atoms with E-state index in [1.54, 1.807) is 0 Å². The summed E-state index contributed by atoms with van der Waals surface area (Å²) in [7, 11) is 0. The van der Waals surface area contributed by atoms with Gasteiger partial charge in [-0.3, -0.25) is 33.7 Å². The number of amides is 5. The van der Waals surface area contributed by atoms with Crippen LogP contribution < -0.4 is 5.73 Å². The molecule has 1 aliphatic heterocycles. The Bertz CT molecular complexity index is 849. The van der Waals surface area contributed by atoms with E-state index in [0.29, 0.717) is 9.80 Å². The van der Waals surface area contributed by atoms with Gasteiger partial charge in [0, 0.05) is 12.5 Å². The number of hydrogen-bond acceptors (Lipinski definition) is 8. The maximum Gasteiger partial charge on any atom is 0.296 e. The Hall–Kier alpha value is -3.83. The molecule has 5 amide bonds. The number of carbonyl (C=O) groups is 5. The normalized spacial score (nSPS) is 12.6. The predicted molar refractivity (Wildman–Crippen MR) is 80.8 cm³/mol. The first kappa shape index (κ1) is 18.5. The number of rotatable bonds is 6. The third-order valence-electron chi connectivity index (χ3n) is 3.45. The van der Waals surface area contributed by atoms with Crippen LogP contribution in [0.1, 0.15) is 38.0 Å². The molecule has 0 aromatic heterocycles. The molecule has 0 unspecified atom stereocenters. The monoisotopic (exact) mass is 364 g/mol. The molecular weight excluding hydrogens is 352 g/mol. The van der Waals surface area contributed by atoms with Gasteiger partial charge in [0.1, 0.15) is 6.54 Å². The second kappa shape index (κ2) is 6.96. The second-order valence-corrected chi connectivity index (χ2v) is 5.16. The lowest BCUT2D eigenvalue weighted by Crippen LogP contribution is -2.41. The van der Waals surface area contributed by atoms with Crippen LogP contribution in [0.15, 0.2) is 18.2 Å². The maximum absolute atomic E-state index is 12.4. The molecule has 12 heteroatoms. The minimum absolute atomic E-state index is 0.0808. The summed E-state index contributed by atoms with van der Waals surface area (Å²) in [6.45, 7) is -0.496. The highest BCUT2D eigenvalue weighted by Crippen LogP contribution is 2.24. The lowest BCUT2D eigenvalue weighted by molar-refractivity contribution is -0.761. The van der Waals surface area contributed by atoms with Crippen molar-refractivity contribution < 1.29 is 33.9 Å². The summed E-state index contributed by atoms with van der Waals surface area (Å²) >= 11 is 0. The molecular formula is C14H12N4O8. The van der Waals surface area contributed by atoms with E-state index >= 15 is 0 Å². The van der Waals surface area contributed by atoms with E-state index in [4.69, 9.17) is 5.73 Å². The lowest BCUT2D eigenvalue weighted by Gasteiger charge is -2.17. The minimum atomic E-state index is -1.16. The molecule has 0 spiro atoms. The molecule has 1 aliphatic rings. The van der Waals surface area contributed by atoms with E-state index in [1.165, 1.54) is 6.07 Å². The van der Waals surface area contributed by atoms with Crippen LogP contribution in [0.25, 0.3) is 0 Å². The molecule has 0 radical (unpaired) electrons. The predicted octanol–water partition coefficient (Wildman–Crippen LogP) is -1.08. The average molecular weight is 364 g/mol. The first-order chi connectivity index (χ1) is 12.1. The van der Waals surface area contributed by atoms with Gasteiger partial charge < -0.3 is 5.73 Å². The third kappa shape index (κ3) is 3.48. The highest BCUT2D eigenvalue weighted by Gasteiger charge is 2.37. The van der Waals surface area contributed by atoms with Gasteiger partial charge in [0.15, 0.2) is 6.73 Å². The summed E-state index contributed by atoms with van der Waals surface area (Å²) in [6.07, 6.45) is 0. The molecule has 12 nitrogen and oxygen atoms in total. The van der Waals surface area contributed by atoms with Crippen molar-refractivity contribution in [2.24, 2.45) is 5.73 Å². The quantitative estimate of drug-likeness (QED) is 0.377. The number of hydrogen-bond donors (Lipinski definition) is 1. The zero-order valence-electron chi connectivity index (χ0n) is 13.3. The molecule has 0 aliphatic carbocycles. The molecule has 0 bridgehead atoms. The third-order valence-corrected chi connectivity index (χ3v) is 3.45. The van der Waals surface area contributed by atoms with E-state index in [9.17, 15) is 34.1 Å². The number of fused-ring (bicyclic) bond motifs is 1. The largest absolute Gasteiger partial charge is 0.368 e. The summed E-state index contributed by atoms with van der Waals surface area (Å²) in [5.41, 5.74) is 4.59. The molecule has 2 rings (SSSR count). The summed E-state index contributed by atoms with van der Waals surface area (Å²) in [6, 6.07) is 3.40. The average Bonchev–Trinajstić information content (AvgIpc) is 2.80. The maximum atomic E-state index is 12.4. The number of imide groups is 2. The fraction of sp³-hybridized carbons (Fsp3) is 0.214. The first-order valence-corrected chi connectivity index (χ1v) is 7.01. The van der Waals surface area contributed by atoms with Crippen LogP contribution in [0, 0.1) is 10.1 Å². The minimum Gasteiger partial charge on any atom is -0.368 e. The Morgan fingerprint density at radius 3 is 2.38 bits per heavy atom. The molecule has 1 aromatic carbocycles. The van der Waals surface area contributed by atoms with Gasteiger partial charge in [-0.15, -0.1) is 10.1 Å². The van der Waals surface area contributed by atoms with Gasteiger partial charge in [-0.05, 0) is 18.2 Å². The van der Waals surface area contributed by atoms with Crippen molar-refractivity contribution in [1.82, 2.24) is 9.80 Å². The lowest BCUT2D eigenvalue weighted by atomic mass is 10.0. The van der Waals surface area contributed by atoms with Gasteiger partial charge in [0.25, 0.3) is 22.8 Å². The van der Waals surface area contributed by atoms with Crippen LogP contribution in [-0.2, 0) is 14.4 Å². The van der Waals surface area contributed by atoms with Crippen molar-refractivity contribution in [3.8, 4) is 0 Å². The zero-order valence-corrected chi connectivity index (χ0v) is 13.3. The number of nitrogens with zero attached hydrogens (tertiary/aromatic N) is 3. The summed E-state index contributed by atoms with van der Waals surface area (Å²) in [5.74, 6) is -4.27. The fourth-order valence-corrected chi connectivity index (χ4v) is 2.28. The standard InChI is InChI=1S/C14H12N4O8/c1-7(19)16(5-11(15)20)12(21)8-2-3-9-10(4-8)14(23)17(13(9)22)6-26-18(24)25/h2-4H,5-6H2,1H3,(H2,15,20). The summed E-state index contributed by atoms with van der Waals surface area (Å²) in [5, 5.41) is 9.07. The van der Waals surface area contributed by atoms with Crippen molar-refractivity contribution >= 4 is 29.5 Å². The first-order valence-electron chi connectivity index (χ1n) is 7.01. The molecule has 0 saturated carbocycles. The Morgan fingerprint density at radius 2 is 1.85 bits per heavy atom. The van der Waals surface area contributed by atoms with Gasteiger partial charge in [0.2, 0.25) is 11.8 Å². The topological polar surface area (TPSA) is 170 Å². The van der Waals surface area contributed by atoms with Crippen LogP contribution >= 0.6 is 0 Å². The molecule has 0 fully saturated rings. The van der Waals surface area contributed by atoms with Crippen LogP contribution in [0.3, 0.4) is 0 Å². The van der Waals surface area contributed by atoms with Crippen LogP contribution in [0.5, 0.6) is 0 Å². The Labute approximate surface area is 145 Å². The summed E-state index contributed by atoms with van der Waals surface area (Å²) in [4.78, 5) is 74.5. The van der Waals surface area contributed by atoms with Crippen LogP contribution in [0.2, 0.25) is 0 Å². The molecule has 2 N–H and O–H groups in total. The molecule has 1 heterocycles. The van der Waals surface area contributed by atoms with Crippen molar-refractivity contribution in [2.75, 3.05) is 13.3 Å². The zero-order chi connectivity index (χ0) is 19.6. The number of primary amides is 1. The van der Waals surface area contributed by atoms with Gasteiger partial charge in [-0.25, -0.2) is 4.90 Å². The van der Waals surface area contributed by atoms with Gasteiger partial charge >= 0.3 is 0 Å². The highest BCUT2D eigenvalue weighted by molar-refractivity contribution is 6.22. The smallest absolute Gasteiger partial charge is 0.296 e. The second-order valence-electron chi connectivity index (χ2n) is 5.16.